The summed E-state index contributed by atoms with van der Waals surface area (Å²) >= 11 is 0. The average Bonchev–Trinajstić information content (AvgIpc) is 3.17. The van der Waals surface area contributed by atoms with Gasteiger partial charge in [0.1, 0.15) is 5.58 Å². The molecule has 0 saturated carbocycles. The summed E-state index contributed by atoms with van der Waals surface area (Å²) in [5.41, 5.74) is 2.51. The van der Waals surface area contributed by atoms with E-state index in [0.29, 0.717) is 22.2 Å². The summed E-state index contributed by atoms with van der Waals surface area (Å²) in [6, 6.07) is 18.7. The molecule has 1 N–H and O–H groups in total. The molecule has 0 fully saturated rings. The number of nitrogens with zero attached hydrogens (tertiary/aromatic N) is 3. The lowest BCUT2D eigenvalue weighted by atomic mass is 9.86. The van der Waals surface area contributed by atoms with Gasteiger partial charge < -0.3 is 4.42 Å². The van der Waals surface area contributed by atoms with Crippen molar-refractivity contribution in [1.82, 2.24) is 14.5 Å². The largest absolute Gasteiger partial charge is 0.421 e. The summed E-state index contributed by atoms with van der Waals surface area (Å²) in [6.07, 6.45) is 3.41. The second-order valence-electron chi connectivity index (χ2n) is 8.11. The topological polar surface area (TPSA) is 105 Å². The predicted molar refractivity (Wildman–Crippen MR) is 122 cm³/mol. The Morgan fingerprint density at radius 3 is 2.41 bits per heavy atom. The molecule has 0 aliphatic carbocycles. The number of nitriles is 1. The van der Waals surface area contributed by atoms with Crippen molar-refractivity contribution in [1.29, 1.82) is 5.26 Å². The predicted octanol–water partition coefficient (Wildman–Crippen LogP) is 4.29. The molecule has 3 aromatic heterocycles. The smallest absolute Gasteiger partial charge is 0.362 e. The van der Waals surface area contributed by atoms with E-state index in [1.54, 1.807) is 30.6 Å². The molecule has 7 nitrogen and oxygen atoms in total. The first-order valence-corrected chi connectivity index (χ1v) is 10.0. The fraction of sp³-hybridized carbons (Fsp3) is 0.120. The highest BCUT2D eigenvalue weighted by molar-refractivity contribution is 6.03. The molecule has 32 heavy (non-hydrogen) atoms. The first kappa shape index (κ1) is 19.5. The van der Waals surface area contributed by atoms with Gasteiger partial charge >= 0.3 is 11.3 Å². The van der Waals surface area contributed by atoms with E-state index in [9.17, 15) is 14.9 Å². The van der Waals surface area contributed by atoms with E-state index in [0.717, 1.165) is 16.7 Å². The molecule has 0 aliphatic rings. The number of pyridine rings is 1. The van der Waals surface area contributed by atoms with Crippen LogP contribution in [0.25, 0.3) is 38.8 Å². The van der Waals surface area contributed by atoms with Crippen LogP contribution in [0.4, 0.5) is 0 Å². The molecular formula is C25H18N4O3. The van der Waals surface area contributed by atoms with Gasteiger partial charge in [-0.25, -0.2) is 9.59 Å². The molecule has 0 aliphatic heterocycles. The quantitative estimate of drug-likeness (QED) is 0.437. The molecule has 0 atom stereocenters. The van der Waals surface area contributed by atoms with Crippen molar-refractivity contribution in [2.24, 2.45) is 0 Å². The lowest BCUT2D eigenvalue weighted by Crippen LogP contribution is -2.16. The van der Waals surface area contributed by atoms with Gasteiger partial charge in [-0.1, -0.05) is 18.2 Å². The van der Waals surface area contributed by atoms with Gasteiger partial charge in [-0.05, 0) is 66.9 Å². The van der Waals surface area contributed by atoms with Gasteiger partial charge in [0.25, 0.3) is 0 Å². The second kappa shape index (κ2) is 7.06. The average molecular weight is 422 g/mol. The van der Waals surface area contributed by atoms with Gasteiger partial charge in [0, 0.05) is 17.8 Å². The Bertz CT molecular complexity index is 1630. The summed E-state index contributed by atoms with van der Waals surface area (Å²) in [5, 5.41) is 10.0. The lowest BCUT2D eigenvalue weighted by Gasteiger charge is -2.16. The van der Waals surface area contributed by atoms with Crippen molar-refractivity contribution in [2.75, 3.05) is 0 Å². The molecule has 3 heterocycles. The molecular weight excluding hydrogens is 404 g/mol. The first-order chi connectivity index (χ1) is 15.4. The molecule has 0 saturated heterocycles. The van der Waals surface area contributed by atoms with Crippen LogP contribution < -0.4 is 11.3 Å². The third kappa shape index (κ3) is 3.01. The Labute approximate surface area is 182 Å². The first-order valence-electron chi connectivity index (χ1n) is 10.0. The Kier molecular flexibility index (Phi) is 4.31. The van der Waals surface area contributed by atoms with Gasteiger partial charge in [-0.2, -0.15) is 5.26 Å². The van der Waals surface area contributed by atoms with Crippen molar-refractivity contribution in [3.8, 4) is 22.9 Å². The third-order valence-electron chi connectivity index (χ3n) is 5.68. The van der Waals surface area contributed by atoms with E-state index in [1.807, 2.05) is 50.2 Å². The van der Waals surface area contributed by atoms with E-state index in [-0.39, 0.29) is 5.52 Å². The fourth-order valence-electron chi connectivity index (χ4n) is 3.86. The van der Waals surface area contributed by atoms with Gasteiger partial charge in [0.05, 0.1) is 22.7 Å². The number of aromatic nitrogens is 3. The van der Waals surface area contributed by atoms with Crippen LogP contribution in [0.1, 0.15) is 19.4 Å². The highest BCUT2D eigenvalue weighted by Crippen LogP contribution is 2.29. The van der Waals surface area contributed by atoms with Crippen LogP contribution >= 0.6 is 0 Å². The Morgan fingerprint density at radius 2 is 1.72 bits per heavy atom. The van der Waals surface area contributed by atoms with Crippen LogP contribution in [-0.4, -0.2) is 14.5 Å². The Balaban J connectivity index is 1.80. The summed E-state index contributed by atoms with van der Waals surface area (Å²) < 4.78 is 6.93. The molecule has 0 amide bonds. The van der Waals surface area contributed by atoms with E-state index in [1.165, 1.54) is 4.57 Å². The van der Waals surface area contributed by atoms with Crippen molar-refractivity contribution in [3.63, 3.8) is 0 Å². The van der Waals surface area contributed by atoms with Gasteiger partial charge in [0.15, 0.2) is 5.52 Å². The standard InChI is InChI=1S/C25H18N4O3/c1-25(2,14-26)17-4-6-18(7-5-17)29-22-19-13-16(15-9-11-27-12-10-15)3-8-20(19)32-23(30)21(22)28-24(29)31/h3-13H,1-2H3,(H,28,31). The fourth-order valence-corrected chi connectivity index (χ4v) is 3.86. The minimum atomic E-state index is -0.656. The Hall–Kier alpha value is -4.44. The highest BCUT2D eigenvalue weighted by Gasteiger charge is 2.21. The summed E-state index contributed by atoms with van der Waals surface area (Å²) in [4.78, 5) is 32.2. The monoisotopic (exact) mass is 422 g/mol. The molecule has 0 bridgehead atoms. The minimum absolute atomic E-state index is 0.107. The SMILES string of the molecule is CC(C)(C#N)c1ccc(-n2c(=O)[nH]c3c(=O)oc4ccc(-c5ccncc5)cc4c32)cc1. The van der Waals surface area contributed by atoms with Gasteiger partial charge in [0.2, 0.25) is 0 Å². The number of H-pyrrole nitrogens is 1. The number of hydrogen-bond acceptors (Lipinski definition) is 5. The minimum Gasteiger partial charge on any atom is -0.421 e. The van der Waals surface area contributed by atoms with Crippen molar-refractivity contribution >= 4 is 22.0 Å². The molecule has 5 rings (SSSR count). The molecule has 7 heteroatoms. The zero-order chi connectivity index (χ0) is 22.5. The van der Waals surface area contributed by atoms with Gasteiger partial charge in [-0.15, -0.1) is 0 Å². The van der Waals surface area contributed by atoms with E-state index < -0.39 is 16.7 Å². The molecule has 2 aromatic carbocycles. The van der Waals surface area contributed by atoms with Crippen LogP contribution in [0.5, 0.6) is 0 Å². The highest BCUT2D eigenvalue weighted by atomic mass is 16.4. The number of fused-ring (bicyclic) bond motifs is 3. The zero-order valence-corrected chi connectivity index (χ0v) is 17.4. The van der Waals surface area contributed by atoms with Crippen molar-refractivity contribution in [3.05, 3.63) is 93.5 Å². The second-order valence-corrected chi connectivity index (χ2v) is 8.11. The van der Waals surface area contributed by atoms with E-state index >= 15 is 0 Å². The van der Waals surface area contributed by atoms with Crippen LogP contribution in [0.3, 0.4) is 0 Å². The van der Waals surface area contributed by atoms with Gasteiger partial charge in [-0.3, -0.25) is 14.5 Å². The Morgan fingerprint density at radius 1 is 1.00 bits per heavy atom. The number of imidazole rings is 1. The van der Waals surface area contributed by atoms with Crippen LogP contribution in [0.15, 0.2) is 81.0 Å². The normalized spacial score (nSPS) is 11.7. The van der Waals surface area contributed by atoms with E-state index in [4.69, 9.17) is 4.42 Å². The number of nitrogens with one attached hydrogen (secondary N) is 1. The summed E-state index contributed by atoms with van der Waals surface area (Å²) in [7, 11) is 0. The maximum Gasteiger partial charge on any atom is 0.362 e. The molecule has 5 aromatic rings. The number of aromatic amines is 1. The molecule has 156 valence electrons. The van der Waals surface area contributed by atoms with Crippen molar-refractivity contribution < 1.29 is 4.42 Å². The molecule has 0 unspecified atom stereocenters. The number of hydrogen-bond donors (Lipinski definition) is 1. The summed E-state index contributed by atoms with van der Waals surface area (Å²) in [6.45, 7) is 3.67. The maximum atomic E-state index is 12.9. The maximum absolute atomic E-state index is 12.9. The number of benzene rings is 2. The lowest BCUT2D eigenvalue weighted by molar-refractivity contribution is 0.568. The molecule has 0 radical (unpaired) electrons. The zero-order valence-electron chi connectivity index (χ0n) is 17.4. The third-order valence-corrected chi connectivity index (χ3v) is 5.68. The molecule has 0 spiro atoms. The summed E-state index contributed by atoms with van der Waals surface area (Å²) in [5.74, 6) is 0. The number of rotatable bonds is 3. The van der Waals surface area contributed by atoms with E-state index in [2.05, 4.69) is 16.0 Å². The van der Waals surface area contributed by atoms with Crippen LogP contribution in [0, 0.1) is 11.3 Å². The van der Waals surface area contributed by atoms with Crippen LogP contribution in [-0.2, 0) is 5.41 Å². The van der Waals surface area contributed by atoms with Crippen LogP contribution in [0.2, 0.25) is 0 Å². The van der Waals surface area contributed by atoms with Crippen molar-refractivity contribution in [2.45, 2.75) is 19.3 Å².